The summed E-state index contributed by atoms with van der Waals surface area (Å²) < 4.78 is 4.18. The lowest BCUT2D eigenvalue weighted by molar-refractivity contribution is -0.432. The van der Waals surface area contributed by atoms with Gasteiger partial charge >= 0.3 is 0 Å². The van der Waals surface area contributed by atoms with E-state index in [1.165, 1.54) is 6.07 Å². The molecule has 1 aromatic rings. The van der Waals surface area contributed by atoms with Gasteiger partial charge in [0.1, 0.15) is 0 Å². The third kappa shape index (κ3) is 2.38. The molecule has 1 N–H and O–H groups in total. The van der Waals surface area contributed by atoms with Gasteiger partial charge in [-0.2, -0.15) is 0 Å². The Hall–Kier alpha value is -0.750. The second kappa shape index (κ2) is 4.32. The van der Waals surface area contributed by atoms with Crippen LogP contribution in [-0.2, 0) is 9.37 Å². The summed E-state index contributed by atoms with van der Waals surface area (Å²) in [5.41, 5.74) is 0.626. The maximum absolute atomic E-state index is 10.9. The molecule has 0 saturated carbocycles. The molecule has 0 unspecified atom stereocenters. The molecule has 0 aliphatic heterocycles. The van der Waals surface area contributed by atoms with E-state index in [2.05, 4.69) is 9.37 Å². The van der Waals surface area contributed by atoms with Crippen LogP contribution >= 0.6 is 12.0 Å². The number of aryl methyl sites for hydroxylation is 1. The lowest BCUT2D eigenvalue weighted by Crippen LogP contribution is -1.92. The Morgan fingerprint density at radius 2 is 2.25 bits per heavy atom. The molecule has 0 saturated heterocycles. The van der Waals surface area contributed by atoms with Crippen molar-refractivity contribution in [3.63, 3.8) is 0 Å². The predicted molar refractivity (Wildman–Crippen MR) is 41.3 cm³/mol. The second-order valence-electron chi connectivity index (χ2n) is 2.15. The zero-order valence-corrected chi connectivity index (χ0v) is 7.13. The van der Waals surface area contributed by atoms with Gasteiger partial charge in [0.15, 0.2) is 0 Å². The van der Waals surface area contributed by atoms with E-state index in [4.69, 9.17) is 5.26 Å². The normalized spacial score (nSPS) is 10.2. The molecule has 0 heterocycles. The SMILES string of the molecule is Cc1cc(SOOO)ccc1[O-]. The molecule has 0 bridgehead atoms. The van der Waals surface area contributed by atoms with Gasteiger partial charge in [0.05, 0.1) is 12.0 Å². The molecule has 1 aromatic carbocycles. The summed E-state index contributed by atoms with van der Waals surface area (Å²) in [7, 11) is 0. The minimum atomic E-state index is -0.0238. The van der Waals surface area contributed by atoms with Crippen LogP contribution in [0.1, 0.15) is 5.56 Å². The van der Waals surface area contributed by atoms with Crippen molar-refractivity contribution in [3.8, 4) is 5.75 Å². The van der Waals surface area contributed by atoms with Crippen molar-refractivity contribution in [3.05, 3.63) is 23.8 Å². The number of rotatable bonds is 3. The first kappa shape index (κ1) is 9.34. The number of benzene rings is 1. The van der Waals surface area contributed by atoms with Crippen LogP contribution in [0.2, 0.25) is 0 Å². The largest absolute Gasteiger partial charge is 0.872 e. The van der Waals surface area contributed by atoms with Crippen molar-refractivity contribution >= 4 is 12.0 Å². The summed E-state index contributed by atoms with van der Waals surface area (Å²) in [4.78, 5) is 0.696. The van der Waals surface area contributed by atoms with E-state index >= 15 is 0 Å². The molecule has 0 amide bonds. The minimum absolute atomic E-state index is 0.0238. The first-order valence-electron chi connectivity index (χ1n) is 3.16. The molecular weight excluding hydrogens is 180 g/mol. The predicted octanol–water partition coefficient (Wildman–Crippen LogP) is 1.50. The number of hydrogen-bond donors (Lipinski definition) is 1. The van der Waals surface area contributed by atoms with Crippen LogP contribution in [0.4, 0.5) is 0 Å². The summed E-state index contributed by atoms with van der Waals surface area (Å²) >= 11 is 0.832. The standard InChI is InChI=1S/C7H8O4S/c1-5-4-6(12-11-10-9)2-3-7(5)8/h2-4,8-9H,1H3/p-1. The summed E-state index contributed by atoms with van der Waals surface area (Å²) in [5, 5.41) is 22.2. The first-order chi connectivity index (χ1) is 5.74. The highest BCUT2D eigenvalue weighted by Crippen LogP contribution is 2.23. The smallest absolute Gasteiger partial charge is 0.0714 e. The fraction of sp³-hybridized carbons (Fsp3) is 0.143. The van der Waals surface area contributed by atoms with Crippen molar-refractivity contribution in [2.24, 2.45) is 0 Å². The van der Waals surface area contributed by atoms with Crippen LogP contribution in [0, 0.1) is 6.92 Å². The Morgan fingerprint density at radius 1 is 1.50 bits per heavy atom. The third-order valence-corrected chi connectivity index (χ3v) is 1.88. The van der Waals surface area contributed by atoms with Crippen molar-refractivity contribution < 1.29 is 19.7 Å². The van der Waals surface area contributed by atoms with E-state index in [-0.39, 0.29) is 5.75 Å². The molecule has 4 nitrogen and oxygen atoms in total. The summed E-state index contributed by atoms with van der Waals surface area (Å²) in [6, 6.07) is 4.66. The van der Waals surface area contributed by atoms with Crippen LogP contribution in [0.3, 0.4) is 0 Å². The topological polar surface area (TPSA) is 61.8 Å². The Balaban J connectivity index is 2.69. The van der Waals surface area contributed by atoms with E-state index in [0.717, 1.165) is 12.0 Å². The lowest BCUT2D eigenvalue weighted by Gasteiger charge is -2.09. The Bertz CT molecular complexity index is 264. The molecule has 0 spiro atoms. The van der Waals surface area contributed by atoms with Gasteiger partial charge in [-0.05, 0) is 19.1 Å². The quantitative estimate of drug-likeness (QED) is 0.441. The van der Waals surface area contributed by atoms with Gasteiger partial charge in [-0.3, -0.25) is 0 Å². The van der Waals surface area contributed by atoms with Crippen LogP contribution in [0.25, 0.3) is 0 Å². The molecular formula is C7H7O4S-. The van der Waals surface area contributed by atoms with Crippen molar-refractivity contribution in [2.75, 3.05) is 0 Å². The van der Waals surface area contributed by atoms with Crippen LogP contribution in [0.5, 0.6) is 5.75 Å². The third-order valence-electron chi connectivity index (χ3n) is 1.31. The summed E-state index contributed by atoms with van der Waals surface area (Å²) in [5.74, 6) is -0.0238. The van der Waals surface area contributed by atoms with E-state index in [1.54, 1.807) is 19.1 Å². The number of hydrogen-bond acceptors (Lipinski definition) is 5. The average molecular weight is 187 g/mol. The van der Waals surface area contributed by atoms with Gasteiger partial charge < -0.3 is 5.11 Å². The van der Waals surface area contributed by atoms with Gasteiger partial charge in [-0.1, -0.05) is 16.7 Å². The molecule has 5 heteroatoms. The average Bonchev–Trinajstić information content (AvgIpc) is 2.07. The maximum Gasteiger partial charge on any atom is 0.0714 e. The van der Waals surface area contributed by atoms with Crippen molar-refractivity contribution in [1.29, 1.82) is 0 Å². The molecule has 0 aliphatic carbocycles. The fourth-order valence-corrected chi connectivity index (χ4v) is 1.19. The fourth-order valence-electron chi connectivity index (χ4n) is 0.728. The zero-order chi connectivity index (χ0) is 8.97. The molecule has 66 valence electrons. The maximum atomic E-state index is 10.9. The monoisotopic (exact) mass is 187 g/mol. The lowest BCUT2D eigenvalue weighted by atomic mass is 10.2. The van der Waals surface area contributed by atoms with Gasteiger partial charge in [0, 0.05) is 4.90 Å². The van der Waals surface area contributed by atoms with Gasteiger partial charge in [0.25, 0.3) is 0 Å². The second-order valence-corrected chi connectivity index (χ2v) is 2.93. The van der Waals surface area contributed by atoms with E-state index in [9.17, 15) is 5.11 Å². The highest BCUT2D eigenvalue weighted by atomic mass is 32.2. The summed E-state index contributed by atoms with van der Waals surface area (Å²) in [6.45, 7) is 1.70. The molecule has 0 atom stereocenters. The van der Waals surface area contributed by atoms with E-state index < -0.39 is 0 Å². The zero-order valence-electron chi connectivity index (χ0n) is 6.31. The van der Waals surface area contributed by atoms with Gasteiger partial charge in [0.2, 0.25) is 0 Å². The summed E-state index contributed by atoms with van der Waals surface area (Å²) in [6.07, 6.45) is 0. The van der Waals surface area contributed by atoms with Crippen molar-refractivity contribution in [1.82, 2.24) is 0 Å². The van der Waals surface area contributed by atoms with Crippen molar-refractivity contribution in [2.45, 2.75) is 11.8 Å². The highest BCUT2D eigenvalue weighted by Gasteiger charge is 1.95. The molecule has 12 heavy (non-hydrogen) atoms. The molecule has 0 fully saturated rings. The Kier molecular flexibility index (Phi) is 3.36. The van der Waals surface area contributed by atoms with Gasteiger partial charge in [-0.15, -0.1) is 10.1 Å². The van der Waals surface area contributed by atoms with Crippen LogP contribution in [0.15, 0.2) is 23.1 Å². The molecule has 0 aromatic heterocycles. The van der Waals surface area contributed by atoms with Crippen LogP contribution < -0.4 is 5.11 Å². The highest BCUT2D eigenvalue weighted by molar-refractivity contribution is 7.94. The Morgan fingerprint density at radius 3 is 2.83 bits per heavy atom. The van der Waals surface area contributed by atoms with E-state index in [0.29, 0.717) is 10.5 Å². The van der Waals surface area contributed by atoms with Crippen LogP contribution in [-0.4, -0.2) is 5.26 Å². The molecule has 1 rings (SSSR count). The minimum Gasteiger partial charge on any atom is -0.872 e. The first-order valence-corrected chi connectivity index (χ1v) is 3.90. The van der Waals surface area contributed by atoms with E-state index in [1.807, 2.05) is 0 Å². The molecule has 0 aliphatic rings. The van der Waals surface area contributed by atoms with Gasteiger partial charge in [-0.25, -0.2) is 5.26 Å². The molecule has 0 radical (unpaired) electrons. The Labute approximate surface area is 73.8 Å².